The summed E-state index contributed by atoms with van der Waals surface area (Å²) in [6, 6.07) is 6.39. The number of ether oxygens (including phenoxy) is 1. The molecule has 2 aromatic rings. The van der Waals surface area contributed by atoms with Crippen molar-refractivity contribution < 1.29 is 13.9 Å². The third kappa shape index (κ3) is 3.63. The van der Waals surface area contributed by atoms with Crippen LogP contribution in [0.15, 0.2) is 28.7 Å². The number of carbonyl (C=O) groups is 1. The molecule has 0 spiro atoms. The molecule has 1 aromatic heterocycles. The Bertz CT molecular complexity index is 691. The summed E-state index contributed by atoms with van der Waals surface area (Å²) in [6.45, 7) is 5.37. The average molecular weight is 372 g/mol. The van der Waals surface area contributed by atoms with Crippen molar-refractivity contribution in [2.45, 2.75) is 26.4 Å². The molecule has 0 radical (unpaired) electrons. The van der Waals surface area contributed by atoms with E-state index in [1.165, 1.54) is 17.4 Å². The Labute approximate surface area is 135 Å². The van der Waals surface area contributed by atoms with Crippen molar-refractivity contribution in [1.29, 1.82) is 0 Å². The van der Waals surface area contributed by atoms with Crippen molar-refractivity contribution in [3.63, 3.8) is 0 Å². The molecule has 0 unspecified atom stereocenters. The average Bonchev–Trinajstić information content (AvgIpc) is 2.72. The first kappa shape index (κ1) is 16.0. The summed E-state index contributed by atoms with van der Waals surface area (Å²) in [5.74, 6) is -0.831. The standard InChI is InChI=1S/C15H15BrFNO2S/c1-15(2,3)20-14(19)13-10(18)7-11(21-13)8-5-4-6-9(17)12(8)16/h4-7H,18H2,1-3H3. The number of anilines is 1. The van der Waals surface area contributed by atoms with Gasteiger partial charge in [0.2, 0.25) is 0 Å². The second-order valence-electron chi connectivity index (χ2n) is 5.50. The molecule has 2 N–H and O–H groups in total. The molecule has 3 nitrogen and oxygen atoms in total. The maximum absolute atomic E-state index is 13.6. The lowest BCUT2D eigenvalue weighted by Crippen LogP contribution is -2.23. The molecule has 0 fully saturated rings. The molecule has 112 valence electrons. The molecule has 0 aliphatic rings. The number of rotatable bonds is 2. The fourth-order valence-electron chi connectivity index (χ4n) is 1.72. The summed E-state index contributed by atoms with van der Waals surface area (Å²) in [6.07, 6.45) is 0. The molecule has 0 saturated carbocycles. The predicted molar refractivity (Wildman–Crippen MR) is 87.0 cm³/mol. The summed E-state index contributed by atoms with van der Waals surface area (Å²) in [5.41, 5.74) is 6.28. The Morgan fingerprint density at radius 1 is 1.38 bits per heavy atom. The van der Waals surface area contributed by atoms with E-state index < -0.39 is 11.6 Å². The van der Waals surface area contributed by atoms with Crippen molar-refractivity contribution >= 4 is 38.9 Å². The lowest BCUT2D eigenvalue weighted by molar-refractivity contribution is 0.00764. The molecule has 6 heteroatoms. The number of thiophene rings is 1. The van der Waals surface area contributed by atoms with Crippen LogP contribution in [0.4, 0.5) is 10.1 Å². The Morgan fingerprint density at radius 2 is 2.05 bits per heavy atom. The molecule has 21 heavy (non-hydrogen) atoms. The molecular formula is C15H15BrFNO2S. The Hall–Kier alpha value is -1.40. The summed E-state index contributed by atoms with van der Waals surface area (Å²) >= 11 is 4.40. The lowest BCUT2D eigenvalue weighted by Gasteiger charge is -2.18. The molecule has 2 rings (SSSR count). The zero-order valence-electron chi connectivity index (χ0n) is 11.9. The van der Waals surface area contributed by atoms with Gasteiger partial charge in [0.15, 0.2) is 0 Å². The molecule has 0 saturated heterocycles. The maximum atomic E-state index is 13.6. The van der Waals surface area contributed by atoms with Crippen molar-refractivity contribution in [2.24, 2.45) is 0 Å². The molecule has 0 aliphatic heterocycles. The second kappa shape index (κ2) is 5.77. The van der Waals surface area contributed by atoms with E-state index in [-0.39, 0.29) is 5.82 Å². The molecule has 0 atom stereocenters. The fourth-order valence-corrected chi connectivity index (χ4v) is 3.31. The van der Waals surface area contributed by atoms with Crippen LogP contribution in [0.3, 0.4) is 0 Å². The van der Waals surface area contributed by atoms with Gasteiger partial charge in [0, 0.05) is 10.4 Å². The van der Waals surface area contributed by atoms with Gasteiger partial charge in [-0.1, -0.05) is 12.1 Å². The van der Waals surface area contributed by atoms with E-state index in [1.54, 1.807) is 39.0 Å². The molecule has 1 aromatic carbocycles. The van der Waals surface area contributed by atoms with Crippen molar-refractivity contribution in [1.82, 2.24) is 0 Å². The quantitative estimate of drug-likeness (QED) is 0.767. The van der Waals surface area contributed by atoms with E-state index in [2.05, 4.69) is 15.9 Å². The fraction of sp³-hybridized carbons (Fsp3) is 0.267. The molecular weight excluding hydrogens is 357 g/mol. The first-order valence-corrected chi connectivity index (χ1v) is 7.87. The Morgan fingerprint density at radius 3 is 2.67 bits per heavy atom. The summed E-state index contributed by atoms with van der Waals surface area (Å²) in [5, 5.41) is 0. The van der Waals surface area contributed by atoms with Gasteiger partial charge in [0.25, 0.3) is 0 Å². The normalized spacial score (nSPS) is 11.5. The van der Waals surface area contributed by atoms with Crippen LogP contribution in [0, 0.1) is 5.82 Å². The molecule has 0 aliphatic carbocycles. The van der Waals surface area contributed by atoms with Gasteiger partial charge in [-0.2, -0.15) is 0 Å². The van der Waals surface area contributed by atoms with E-state index in [0.717, 1.165) is 0 Å². The van der Waals surface area contributed by atoms with E-state index in [0.29, 0.717) is 25.5 Å². The van der Waals surface area contributed by atoms with Crippen LogP contribution in [0.25, 0.3) is 10.4 Å². The number of hydrogen-bond acceptors (Lipinski definition) is 4. The SMILES string of the molecule is CC(C)(C)OC(=O)c1sc(-c2cccc(F)c2Br)cc1N. The van der Waals surface area contributed by atoms with Crippen LogP contribution < -0.4 is 5.73 Å². The molecule has 0 amide bonds. The van der Waals surface area contributed by atoms with Crippen LogP contribution in [-0.2, 0) is 4.74 Å². The van der Waals surface area contributed by atoms with Gasteiger partial charge < -0.3 is 10.5 Å². The van der Waals surface area contributed by atoms with Crippen LogP contribution in [0.2, 0.25) is 0 Å². The number of halogens is 2. The monoisotopic (exact) mass is 371 g/mol. The van der Waals surface area contributed by atoms with Crippen LogP contribution >= 0.6 is 27.3 Å². The Kier molecular flexibility index (Phi) is 4.39. The second-order valence-corrected chi connectivity index (χ2v) is 7.34. The van der Waals surface area contributed by atoms with Gasteiger partial charge in [-0.15, -0.1) is 11.3 Å². The minimum atomic E-state index is -0.590. The summed E-state index contributed by atoms with van der Waals surface area (Å²) in [7, 11) is 0. The first-order valence-electron chi connectivity index (χ1n) is 6.26. The Balaban J connectivity index is 2.40. The third-order valence-corrected chi connectivity index (χ3v) is 4.53. The van der Waals surface area contributed by atoms with Gasteiger partial charge in [-0.3, -0.25) is 0 Å². The number of carbonyl (C=O) groups excluding carboxylic acids is 1. The highest BCUT2D eigenvalue weighted by Crippen LogP contribution is 2.38. The number of nitrogen functional groups attached to an aromatic ring is 1. The van der Waals surface area contributed by atoms with Gasteiger partial charge in [0.05, 0.1) is 10.2 Å². The van der Waals surface area contributed by atoms with E-state index >= 15 is 0 Å². The van der Waals surface area contributed by atoms with E-state index in [1.807, 2.05) is 0 Å². The topological polar surface area (TPSA) is 52.3 Å². The first-order chi connectivity index (χ1) is 9.69. The number of hydrogen-bond donors (Lipinski definition) is 1. The number of benzene rings is 1. The van der Waals surface area contributed by atoms with Crippen molar-refractivity contribution in [3.05, 3.63) is 39.4 Å². The largest absolute Gasteiger partial charge is 0.456 e. The summed E-state index contributed by atoms with van der Waals surface area (Å²) < 4.78 is 19.3. The predicted octanol–water partition coefficient (Wildman–Crippen LogP) is 4.85. The van der Waals surface area contributed by atoms with Crippen molar-refractivity contribution in [3.8, 4) is 10.4 Å². The third-order valence-electron chi connectivity index (χ3n) is 2.56. The highest BCUT2D eigenvalue weighted by Gasteiger charge is 2.23. The highest BCUT2D eigenvalue weighted by atomic mass is 79.9. The van der Waals surface area contributed by atoms with Gasteiger partial charge in [-0.05, 0) is 48.8 Å². The highest BCUT2D eigenvalue weighted by molar-refractivity contribution is 9.10. The summed E-state index contributed by atoms with van der Waals surface area (Å²) in [4.78, 5) is 13.1. The lowest BCUT2D eigenvalue weighted by atomic mass is 10.2. The van der Waals surface area contributed by atoms with Crippen LogP contribution in [0.5, 0.6) is 0 Å². The van der Waals surface area contributed by atoms with Gasteiger partial charge in [-0.25, -0.2) is 9.18 Å². The van der Waals surface area contributed by atoms with E-state index in [9.17, 15) is 9.18 Å². The van der Waals surface area contributed by atoms with Gasteiger partial charge >= 0.3 is 5.97 Å². The minimum Gasteiger partial charge on any atom is -0.456 e. The zero-order valence-corrected chi connectivity index (χ0v) is 14.3. The zero-order chi connectivity index (χ0) is 15.8. The van der Waals surface area contributed by atoms with Crippen LogP contribution in [-0.4, -0.2) is 11.6 Å². The van der Waals surface area contributed by atoms with E-state index in [4.69, 9.17) is 10.5 Å². The molecule has 0 bridgehead atoms. The van der Waals surface area contributed by atoms with Crippen LogP contribution in [0.1, 0.15) is 30.4 Å². The van der Waals surface area contributed by atoms with Crippen molar-refractivity contribution in [2.75, 3.05) is 5.73 Å². The smallest absolute Gasteiger partial charge is 0.350 e. The number of nitrogens with two attached hydrogens (primary N) is 1. The molecule has 1 heterocycles. The van der Waals surface area contributed by atoms with Gasteiger partial charge in [0.1, 0.15) is 16.3 Å². The minimum absolute atomic E-state index is 0.330. The maximum Gasteiger partial charge on any atom is 0.350 e. The number of esters is 1.